The number of hydrogen-bond acceptors (Lipinski definition) is 5. The Labute approximate surface area is 168 Å². The van der Waals surface area contributed by atoms with Crippen LogP contribution in [0.4, 0.5) is 16.3 Å². The molecule has 0 unspecified atom stereocenters. The van der Waals surface area contributed by atoms with Gasteiger partial charge < -0.3 is 16.4 Å². The monoisotopic (exact) mass is 395 g/mol. The maximum atomic E-state index is 12.2. The Morgan fingerprint density at radius 1 is 1.18 bits per heavy atom. The van der Waals surface area contributed by atoms with Crippen molar-refractivity contribution in [1.29, 1.82) is 0 Å². The number of amides is 2. The van der Waals surface area contributed by atoms with Crippen LogP contribution in [0.5, 0.6) is 0 Å². The molecule has 0 atom stereocenters. The highest BCUT2D eigenvalue weighted by Gasteiger charge is 2.16. The van der Waals surface area contributed by atoms with E-state index in [1.807, 2.05) is 24.3 Å². The number of fused-ring (bicyclic) bond motifs is 1. The third-order valence-electron chi connectivity index (χ3n) is 5.40. The second-order valence-electron chi connectivity index (χ2n) is 7.39. The summed E-state index contributed by atoms with van der Waals surface area (Å²) in [5, 5.41) is 6.82. The van der Waals surface area contributed by atoms with E-state index in [0.717, 1.165) is 38.5 Å². The molecule has 1 aliphatic rings. The van der Waals surface area contributed by atoms with Crippen LogP contribution in [0.15, 0.2) is 30.6 Å². The average molecular weight is 396 g/mol. The van der Waals surface area contributed by atoms with Gasteiger partial charge in [0.05, 0.1) is 5.39 Å². The summed E-state index contributed by atoms with van der Waals surface area (Å²) in [5.41, 5.74) is 8.96. The van der Waals surface area contributed by atoms with Crippen LogP contribution < -0.4 is 16.4 Å². The molecule has 4 rings (SSSR count). The first-order chi connectivity index (χ1) is 13.6. The lowest BCUT2D eigenvalue weighted by molar-refractivity contribution is 0.247. The van der Waals surface area contributed by atoms with Gasteiger partial charge in [-0.25, -0.2) is 14.8 Å². The largest absolute Gasteiger partial charge is 0.383 e. The van der Waals surface area contributed by atoms with Gasteiger partial charge in [0.15, 0.2) is 0 Å². The highest BCUT2D eigenvalue weighted by atomic mass is 32.1. The lowest BCUT2D eigenvalue weighted by atomic mass is 9.89. The molecule has 2 amide bonds. The van der Waals surface area contributed by atoms with Crippen molar-refractivity contribution in [2.24, 2.45) is 5.92 Å². The fourth-order valence-corrected chi connectivity index (χ4v) is 4.96. The number of nitrogen functional groups attached to an aromatic ring is 1. The highest BCUT2D eigenvalue weighted by molar-refractivity contribution is 7.19. The third-order valence-corrected chi connectivity index (χ3v) is 6.41. The van der Waals surface area contributed by atoms with Crippen LogP contribution in [0.25, 0.3) is 21.3 Å². The van der Waals surface area contributed by atoms with Gasteiger partial charge in [0.2, 0.25) is 0 Å². The number of rotatable bonds is 4. The van der Waals surface area contributed by atoms with Gasteiger partial charge in [-0.05, 0) is 43.4 Å². The number of aromatic nitrogens is 2. The number of nitrogens with two attached hydrogens (primary N) is 1. The van der Waals surface area contributed by atoms with E-state index >= 15 is 0 Å². The number of aryl methyl sites for hydroxylation is 1. The van der Waals surface area contributed by atoms with E-state index in [0.29, 0.717) is 11.7 Å². The van der Waals surface area contributed by atoms with Crippen LogP contribution in [0.1, 0.15) is 37.0 Å². The fraction of sp³-hybridized carbons (Fsp3) is 0.381. The SMILES string of the molecule is Cc1sc2ncnc(N)c2c1-c1ccc(NC(=O)NCC2CCCCC2)cc1. The zero-order valence-corrected chi connectivity index (χ0v) is 16.8. The Hall–Kier alpha value is -2.67. The topological polar surface area (TPSA) is 92.9 Å². The normalized spacial score (nSPS) is 14.9. The minimum Gasteiger partial charge on any atom is -0.383 e. The van der Waals surface area contributed by atoms with Crippen LogP contribution in [-0.4, -0.2) is 22.5 Å². The molecule has 1 aliphatic carbocycles. The molecule has 0 bridgehead atoms. The Balaban J connectivity index is 1.44. The number of carbonyl (C=O) groups is 1. The molecule has 1 fully saturated rings. The maximum absolute atomic E-state index is 12.2. The maximum Gasteiger partial charge on any atom is 0.319 e. The van der Waals surface area contributed by atoms with Crippen LogP contribution in [0.3, 0.4) is 0 Å². The number of hydrogen-bond donors (Lipinski definition) is 3. The van der Waals surface area contributed by atoms with Gasteiger partial charge in [-0.15, -0.1) is 11.3 Å². The second-order valence-corrected chi connectivity index (χ2v) is 8.59. The minimum atomic E-state index is -0.145. The lowest BCUT2D eigenvalue weighted by Crippen LogP contribution is -2.33. The molecule has 6 nitrogen and oxygen atoms in total. The molecule has 0 saturated heterocycles. The summed E-state index contributed by atoms with van der Waals surface area (Å²) < 4.78 is 0. The van der Waals surface area contributed by atoms with Crippen LogP contribution >= 0.6 is 11.3 Å². The Morgan fingerprint density at radius 3 is 2.68 bits per heavy atom. The van der Waals surface area contributed by atoms with Gasteiger partial charge in [-0.1, -0.05) is 31.4 Å². The van der Waals surface area contributed by atoms with Gasteiger partial charge in [-0.2, -0.15) is 0 Å². The van der Waals surface area contributed by atoms with Crippen molar-refractivity contribution in [3.8, 4) is 11.1 Å². The smallest absolute Gasteiger partial charge is 0.319 e. The van der Waals surface area contributed by atoms with Crippen molar-refractivity contribution >= 4 is 39.1 Å². The summed E-state index contributed by atoms with van der Waals surface area (Å²) in [6.45, 7) is 2.81. The first-order valence-electron chi connectivity index (χ1n) is 9.76. The van der Waals surface area contributed by atoms with Crippen LogP contribution in [0, 0.1) is 12.8 Å². The summed E-state index contributed by atoms with van der Waals surface area (Å²) in [6.07, 6.45) is 7.82. The van der Waals surface area contributed by atoms with Crippen molar-refractivity contribution in [1.82, 2.24) is 15.3 Å². The Kier molecular flexibility index (Phi) is 5.43. The van der Waals surface area contributed by atoms with Crippen molar-refractivity contribution in [2.45, 2.75) is 39.0 Å². The molecule has 0 aliphatic heterocycles. The zero-order valence-electron chi connectivity index (χ0n) is 16.0. The average Bonchev–Trinajstić information content (AvgIpc) is 3.05. The molecule has 7 heteroatoms. The molecule has 3 aromatic rings. The molecule has 1 aromatic carbocycles. The van der Waals surface area contributed by atoms with E-state index in [1.54, 1.807) is 11.3 Å². The van der Waals surface area contributed by atoms with Crippen molar-refractivity contribution in [2.75, 3.05) is 17.6 Å². The molecule has 2 heterocycles. The van der Waals surface area contributed by atoms with Gasteiger partial charge in [0.1, 0.15) is 17.0 Å². The summed E-state index contributed by atoms with van der Waals surface area (Å²) in [7, 11) is 0. The summed E-state index contributed by atoms with van der Waals surface area (Å²) in [5.74, 6) is 1.11. The molecule has 2 aromatic heterocycles. The van der Waals surface area contributed by atoms with E-state index in [9.17, 15) is 4.79 Å². The summed E-state index contributed by atoms with van der Waals surface area (Å²) >= 11 is 1.61. The Bertz CT molecular complexity index is 976. The van der Waals surface area contributed by atoms with E-state index in [2.05, 4.69) is 27.5 Å². The molecule has 4 N–H and O–H groups in total. The Morgan fingerprint density at radius 2 is 1.93 bits per heavy atom. The minimum absolute atomic E-state index is 0.145. The zero-order chi connectivity index (χ0) is 19.5. The number of anilines is 2. The quantitative estimate of drug-likeness (QED) is 0.583. The molecule has 0 radical (unpaired) electrons. The van der Waals surface area contributed by atoms with E-state index < -0.39 is 0 Å². The first kappa shape index (κ1) is 18.7. The predicted molar refractivity (Wildman–Crippen MR) is 116 cm³/mol. The van der Waals surface area contributed by atoms with Crippen LogP contribution in [-0.2, 0) is 0 Å². The van der Waals surface area contributed by atoms with Gasteiger partial charge in [0.25, 0.3) is 0 Å². The number of urea groups is 1. The van der Waals surface area contributed by atoms with Crippen molar-refractivity contribution in [3.05, 3.63) is 35.5 Å². The van der Waals surface area contributed by atoms with Crippen LogP contribution in [0.2, 0.25) is 0 Å². The number of nitrogens with zero attached hydrogens (tertiary/aromatic N) is 2. The molecular weight excluding hydrogens is 370 g/mol. The molecule has 1 saturated carbocycles. The standard InChI is InChI=1S/C21H25N5OS/c1-13-17(18-19(22)24-12-25-20(18)28-13)15-7-9-16(10-8-15)26-21(27)23-11-14-5-3-2-4-6-14/h7-10,12,14H,2-6,11H2,1H3,(H2,22,24,25)(H2,23,26,27). The van der Waals surface area contributed by atoms with Gasteiger partial charge >= 0.3 is 6.03 Å². The number of benzene rings is 1. The summed E-state index contributed by atoms with van der Waals surface area (Å²) in [4.78, 5) is 22.7. The molecular formula is C21H25N5OS. The molecule has 0 spiro atoms. The number of thiophene rings is 1. The highest BCUT2D eigenvalue weighted by Crippen LogP contribution is 2.39. The fourth-order valence-electron chi connectivity index (χ4n) is 3.94. The molecule has 28 heavy (non-hydrogen) atoms. The lowest BCUT2D eigenvalue weighted by Gasteiger charge is -2.21. The van der Waals surface area contributed by atoms with Crippen molar-refractivity contribution < 1.29 is 4.79 Å². The summed E-state index contributed by atoms with van der Waals surface area (Å²) in [6, 6.07) is 7.68. The number of carbonyl (C=O) groups excluding carboxylic acids is 1. The van der Waals surface area contributed by atoms with Gasteiger partial charge in [0, 0.05) is 22.7 Å². The molecule has 146 valence electrons. The predicted octanol–water partition coefficient (Wildman–Crippen LogP) is 4.95. The third kappa shape index (κ3) is 3.94. The second kappa shape index (κ2) is 8.14. The van der Waals surface area contributed by atoms with E-state index in [-0.39, 0.29) is 6.03 Å². The number of nitrogens with one attached hydrogen (secondary N) is 2. The first-order valence-corrected chi connectivity index (χ1v) is 10.6. The van der Waals surface area contributed by atoms with E-state index in [1.165, 1.54) is 38.4 Å². The van der Waals surface area contributed by atoms with Gasteiger partial charge in [-0.3, -0.25) is 0 Å². The van der Waals surface area contributed by atoms with E-state index in [4.69, 9.17) is 5.73 Å². The van der Waals surface area contributed by atoms with Crippen molar-refractivity contribution in [3.63, 3.8) is 0 Å².